The van der Waals surface area contributed by atoms with E-state index >= 15 is 0 Å². The molecule has 0 spiro atoms. The highest BCUT2D eigenvalue weighted by Crippen LogP contribution is 2.17. The molecule has 0 bridgehead atoms. The SMILES string of the molecule is Cc1c(C(=O)Nc2ccc(CC(=O)O)c(F)c2)cnn1CC(C)C. The average Bonchev–Trinajstić information content (AvgIpc) is 2.82. The van der Waals surface area contributed by atoms with Crippen LogP contribution in [0.15, 0.2) is 24.4 Å². The maximum absolute atomic E-state index is 13.9. The first-order chi connectivity index (χ1) is 11.3. The van der Waals surface area contributed by atoms with Crippen LogP contribution >= 0.6 is 0 Å². The third-order valence-electron chi connectivity index (χ3n) is 3.54. The minimum absolute atomic E-state index is 0.0708. The number of carboxylic acid groups (broad SMARTS) is 1. The average molecular weight is 333 g/mol. The molecule has 24 heavy (non-hydrogen) atoms. The van der Waals surface area contributed by atoms with E-state index < -0.39 is 18.2 Å². The summed E-state index contributed by atoms with van der Waals surface area (Å²) in [4.78, 5) is 23.0. The minimum Gasteiger partial charge on any atom is -0.481 e. The summed E-state index contributed by atoms with van der Waals surface area (Å²) >= 11 is 0. The molecule has 0 saturated carbocycles. The van der Waals surface area contributed by atoms with Gasteiger partial charge in [-0.1, -0.05) is 19.9 Å². The first-order valence-electron chi connectivity index (χ1n) is 7.62. The molecule has 0 unspecified atom stereocenters. The third kappa shape index (κ3) is 4.18. The molecule has 1 aromatic carbocycles. The highest BCUT2D eigenvalue weighted by atomic mass is 19.1. The van der Waals surface area contributed by atoms with Crippen molar-refractivity contribution in [2.75, 3.05) is 5.32 Å². The van der Waals surface area contributed by atoms with Crippen LogP contribution in [0.4, 0.5) is 10.1 Å². The van der Waals surface area contributed by atoms with Crippen molar-refractivity contribution in [1.82, 2.24) is 9.78 Å². The van der Waals surface area contributed by atoms with Crippen molar-refractivity contribution < 1.29 is 19.1 Å². The molecule has 1 aromatic heterocycles. The van der Waals surface area contributed by atoms with Crippen LogP contribution in [-0.4, -0.2) is 26.8 Å². The van der Waals surface area contributed by atoms with Crippen LogP contribution in [0.5, 0.6) is 0 Å². The molecule has 0 aliphatic rings. The Hall–Kier alpha value is -2.70. The topological polar surface area (TPSA) is 84.2 Å². The molecule has 1 heterocycles. The highest BCUT2D eigenvalue weighted by molar-refractivity contribution is 6.04. The second-order valence-electron chi connectivity index (χ2n) is 6.05. The van der Waals surface area contributed by atoms with Crippen molar-refractivity contribution in [3.05, 3.63) is 47.0 Å². The summed E-state index contributed by atoms with van der Waals surface area (Å²) in [6, 6.07) is 3.95. The smallest absolute Gasteiger partial charge is 0.307 e. The fourth-order valence-corrected chi connectivity index (χ4v) is 2.33. The fraction of sp³-hybridized carbons (Fsp3) is 0.353. The van der Waals surface area contributed by atoms with E-state index in [-0.39, 0.29) is 17.2 Å². The lowest BCUT2D eigenvalue weighted by atomic mass is 10.1. The molecule has 0 aliphatic heterocycles. The second-order valence-corrected chi connectivity index (χ2v) is 6.05. The largest absolute Gasteiger partial charge is 0.481 e. The van der Waals surface area contributed by atoms with Crippen molar-refractivity contribution in [2.24, 2.45) is 5.92 Å². The monoisotopic (exact) mass is 333 g/mol. The van der Waals surface area contributed by atoms with Gasteiger partial charge in [-0.15, -0.1) is 0 Å². The Bertz CT molecular complexity index is 768. The Kier molecular flexibility index (Phi) is 5.33. The maximum Gasteiger partial charge on any atom is 0.307 e. The first-order valence-corrected chi connectivity index (χ1v) is 7.62. The highest BCUT2D eigenvalue weighted by Gasteiger charge is 2.16. The number of benzene rings is 1. The zero-order valence-corrected chi connectivity index (χ0v) is 13.8. The van der Waals surface area contributed by atoms with E-state index in [1.165, 1.54) is 18.3 Å². The molecule has 7 heteroatoms. The standard InChI is InChI=1S/C17H20FN3O3/c1-10(2)9-21-11(3)14(8-19-21)17(24)20-13-5-4-12(6-16(22)23)15(18)7-13/h4-5,7-8,10H,6,9H2,1-3H3,(H,20,24)(H,22,23). The van der Waals surface area contributed by atoms with Crippen molar-refractivity contribution >= 4 is 17.6 Å². The molecule has 2 rings (SSSR count). The van der Waals surface area contributed by atoms with Gasteiger partial charge in [0.15, 0.2) is 0 Å². The quantitative estimate of drug-likeness (QED) is 0.851. The van der Waals surface area contributed by atoms with E-state index in [0.717, 1.165) is 11.8 Å². The summed E-state index contributed by atoms with van der Waals surface area (Å²) in [5.74, 6) is -1.76. The summed E-state index contributed by atoms with van der Waals surface area (Å²) in [7, 11) is 0. The van der Waals surface area contributed by atoms with Gasteiger partial charge >= 0.3 is 5.97 Å². The van der Waals surface area contributed by atoms with Gasteiger partial charge in [0.25, 0.3) is 5.91 Å². The number of halogens is 1. The van der Waals surface area contributed by atoms with Crippen LogP contribution < -0.4 is 5.32 Å². The van der Waals surface area contributed by atoms with Gasteiger partial charge in [0, 0.05) is 17.9 Å². The number of carboxylic acids is 1. The van der Waals surface area contributed by atoms with E-state index in [0.29, 0.717) is 18.0 Å². The lowest BCUT2D eigenvalue weighted by molar-refractivity contribution is -0.136. The number of hydrogen-bond acceptors (Lipinski definition) is 3. The zero-order chi connectivity index (χ0) is 17.9. The Labute approximate surface area is 139 Å². The number of carbonyl (C=O) groups is 2. The van der Waals surface area contributed by atoms with Crippen molar-refractivity contribution in [3.63, 3.8) is 0 Å². The van der Waals surface area contributed by atoms with E-state index in [4.69, 9.17) is 5.11 Å². The van der Waals surface area contributed by atoms with E-state index in [1.807, 2.05) is 0 Å². The lowest BCUT2D eigenvalue weighted by Crippen LogP contribution is -2.14. The van der Waals surface area contributed by atoms with Gasteiger partial charge in [0.05, 0.1) is 18.2 Å². The number of amides is 1. The number of rotatable bonds is 6. The van der Waals surface area contributed by atoms with Gasteiger partial charge in [-0.05, 0) is 30.5 Å². The summed E-state index contributed by atoms with van der Waals surface area (Å²) in [6.07, 6.45) is 1.09. The zero-order valence-electron chi connectivity index (χ0n) is 13.8. The number of nitrogens with zero attached hydrogens (tertiary/aromatic N) is 2. The summed E-state index contributed by atoms with van der Waals surface area (Å²) < 4.78 is 15.6. The number of anilines is 1. The summed E-state index contributed by atoms with van der Waals surface area (Å²) in [5.41, 5.74) is 1.50. The molecule has 0 saturated heterocycles. The van der Waals surface area contributed by atoms with Crippen LogP contribution in [0.1, 0.15) is 35.5 Å². The number of carbonyl (C=O) groups excluding carboxylic acids is 1. The van der Waals surface area contributed by atoms with Gasteiger partial charge in [-0.3, -0.25) is 14.3 Å². The van der Waals surface area contributed by atoms with Gasteiger partial charge < -0.3 is 10.4 Å². The fourth-order valence-electron chi connectivity index (χ4n) is 2.33. The second kappa shape index (κ2) is 7.25. The van der Waals surface area contributed by atoms with Gasteiger partial charge in [-0.25, -0.2) is 4.39 Å². The summed E-state index contributed by atoms with van der Waals surface area (Å²) in [5, 5.41) is 15.5. The Morgan fingerprint density at radius 2 is 2.08 bits per heavy atom. The van der Waals surface area contributed by atoms with Crippen LogP contribution in [0.3, 0.4) is 0 Å². The van der Waals surface area contributed by atoms with Gasteiger partial charge in [0.1, 0.15) is 5.82 Å². The number of aromatic nitrogens is 2. The number of nitrogens with one attached hydrogen (secondary N) is 1. The first kappa shape index (κ1) is 17.7. The van der Waals surface area contributed by atoms with Crippen molar-refractivity contribution in [2.45, 2.75) is 33.7 Å². The summed E-state index contributed by atoms with van der Waals surface area (Å²) in [6.45, 7) is 6.63. The lowest BCUT2D eigenvalue weighted by Gasteiger charge is -2.09. The number of hydrogen-bond donors (Lipinski definition) is 2. The Balaban J connectivity index is 2.14. The molecule has 0 aliphatic carbocycles. The van der Waals surface area contributed by atoms with Crippen LogP contribution in [0, 0.1) is 18.7 Å². The van der Waals surface area contributed by atoms with Gasteiger partial charge in [0.2, 0.25) is 0 Å². The normalized spacial score (nSPS) is 10.9. The third-order valence-corrected chi connectivity index (χ3v) is 3.54. The van der Waals surface area contributed by atoms with Gasteiger partial charge in [-0.2, -0.15) is 5.10 Å². The minimum atomic E-state index is -1.11. The maximum atomic E-state index is 13.9. The molecule has 6 nitrogen and oxygen atoms in total. The Morgan fingerprint density at radius 1 is 1.38 bits per heavy atom. The predicted octanol–water partition coefficient (Wildman–Crippen LogP) is 2.87. The molecule has 0 atom stereocenters. The van der Waals surface area contributed by atoms with Crippen molar-refractivity contribution in [3.8, 4) is 0 Å². The van der Waals surface area contributed by atoms with Crippen molar-refractivity contribution in [1.29, 1.82) is 0 Å². The molecule has 1 amide bonds. The number of aliphatic carboxylic acids is 1. The van der Waals surface area contributed by atoms with Crippen LogP contribution in [0.2, 0.25) is 0 Å². The van der Waals surface area contributed by atoms with Crippen LogP contribution in [-0.2, 0) is 17.8 Å². The molecular formula is C17H20FN3O3. The van der Waals surface area contributed by atoms with E-state index in [1.54, 1.807) is 11.6 Å². The molecule has 128 valence electrons. The molecule has 0 fully saturated rings. The van der Waals surface area contributed by atoms with E-state index in [2.05, 4.69) is 24.3 Å². The molecular weight excluding hydrogens is 313 g/mol. The molecule has 2 aromatic rings. The predicted molar refractivity (Wildman–Crippen MR) is 87.5 cm³/mol. The molecule has 2 N–H and O–H groups in total. The Morgan fingerprint density at radius 3 is 2.67 bits per heavy atom. The van der Waals surface area contributed by atoms with E-state index in [9.17, 15) is 14.0 Å². The van der Waals surface area contributed by atoms with Crippen LogP contribution in [0.25, 0.3) is 0 Å². The molecule has 0 radical (unpaired) electrons.